The maximum atomic E-state index is 11.6. The SMILES string of the molecule is Cn1c(=O)oc2cc(C(N)C3CCCCC3(C)C)ccc21. The summed E-state index contributed by atoms with van der Waals surface area (Å²) in [6, 6.07) is 5.90. The number of hydrogen-bond acceptors (Lipinski definition) is 3. The van der Waals surface area contributed by atoms with Crippen LogP contribution in [-0.2, 0) is 7.05 Å². The van der Waals surface area contributed by atoms with Gasteiger partial charge in [-0.25, -0.2) is 4.79 Å². The molecule has 21 heavy (non-hydrogen) atoms. The van der Waals surface area contributed by atoms with Crippen LogP contribution in [0.25, 0.3) is 11.1 Å². The van der Waals surface area contributed by atoms with E-state index in [2.05, 4.69) is 13.8 Å². The normalized spacial score (nSPS) is 23.3. The topological polar surface area (TPSA) is 61.2 Å². The molecule has 0 bridgehead atoms. The first kappa shape index (κ1) is 14.4. The zero-order valence-corrected chi connectivity index (χ0v) is 13.1. The van der Waals surface area contributed by atoms with E-state index in [4.69, 9.17) is 10.2 Å². The van der Waals surface area contributed by atoms with Gasteiger partial charge in [-0.3, -0.25) is 4.57 Å². The third-order valence-electron chi connectivity index (χ3n) is 5.22. The minimum atomic E-state index is -0.325. The molecule has 0 aliphatic heterocycles. The molecule has 3 rings (SSSR count). The van der Waals surface area contributed by atoms with E-state index >= 15 is 0 Å². The van der Waals surface area contributed by atoms with E-state index in [0.29, 0.717) is 11.5 Å². The Hall–Kier alpha value is -1.55. The van der Waals surface area contributed by atoms with Crippen LogP contribution >= 0.6 is 0 Å². The van der Waals surface area contributed by atoms with Crippen molar-refractivity contribution in [1.29, 1.82) is 0 Å². The molecule has 1 heterocycles. The lowest BCUT2D eigenvalue weighted by molar-refractivity contribution is 0.112. The third kappa shape index (κ3) is 2.42. The molecule has 114 valence electrons. The molecule has 0 spiro atoms. The van der Waals surface area contributed by atoms with Crippen LogP contribution in [-0.4, -0.2) is 4.57 Å². The molecule has 4 heteroatoms. The highest BCUT2D eigenvalue weighted by molar-refractivity contribution is 5.73. The second-order valence-corrected chi connectivity index (χ2v) is 7.02. The number of nitrogens with zero attached hydrogens (tertiary/aromatic N) is 1. The van der Waals surface area contributed by atoms with Crippen molar-refractivity contribution >= 4 is 11.1 Å². The predicted molar refractivity (Wildman–Crippen MR) is 84.1 cm³/mol. The monoisotopic (exact) mass is 288 g/mol. The highest BCUT2D eigenvalue weighted by Crippen LogP contribution is 2.46. The van der Waals surface area contributed by atoms with Crippen molar-refractivity contribution in [3.63, 3.8) is 0 Å². The fourth-order valence-corrected chi connectivity index (χ4v) is 3.78. The molecule has 1 aromatic heterocycles. The number of nitrogens with two attached hydrogens (primary N) is 1. The van der Waals surface area contributed by atoms with Crippen LogP contribution in [0.4, 0.5) is 0 Å². The Balaban J connectivity index is 1.97. The third-order valence-corrected chi connectivity index (χ3v) is 5.22. The number of aryl methyl sites for hydroxylation is 1. The largest absolute Gasteiger partial charge is 0.419 e. The van der Waals surface area contributed by atoms with E-state index in [1.807, 2.05) is 18.2 Å². The van der Waals surface area contributed by atoms with Gasteiger partial charge in [0.25, 0.3) is 0 Å². The van der Waals surface area contributed by atoms with E-state index in [1.54, 1.807) is 7.05 Å². The van der Waals surface area contributed by atoms with Crippen LogP contribution in [0.15, 0.2) is 27.4 Å². The zero-order valence-electron chi connectivity index (χ0n) is 13.1. The van der Waals surface area contributed by atoms with Gasteiger partial charge < -0.3 is 10.2 Å². The molecule has 0 amide bonds. The molecular formula is C17H24N2O2. The summed E-state index contributed by atoms with van der Waals surface area (Å²) in [7, 11) is 1.72. The van der Waals surface area contributed by atoms with Gasteiger partial charge >= 0.3 is 5.76 Å². The molecule has 2 atom stereocenters. The minimum Gasteiger partial charge on any atom is -0.408 e. The van der Waals surface area contributed by atoms with Gasteiger partial charge in [-0.15, -0.1) is 0 Å². The van der Waals surface area contributed by atoms with Crippen molar-refractivity contribution < 1.29 is 4.42 Å². The van der Waals surface area contributed by atoms with Gasteiger partial charge in [0, 0.05) is 13.1 Å². The molecule has 1 aromatic carbocycles. The van der Waals surface area contributed by atoms with Gasteiger partial charge in [0.1, 0.15) is 0 Å². The maximum Gasteiger partial charge on any atom is 0.419 e. The van der Waals surface area contributed by atoms with Crippen molar-refractivity contribution in [2.75, 3.05) is 0 Å². The number of fused-ring (bicyclic) bond motifs is 1. The summed E-state index contributed by atoms with van der Waals surface area (Å²) in [5, 5.41) is 0. The minimum absolute atomic E-state index is 0.00444. The van der Waals surface area contributed by atoms with Gasteiger partial charge in [0.05, 0.1) is 5.52 Å². The maximum absolute atomic E-state index is 11.6. The summed E-state index contributed by atoms with van der Waals surface area (Å²) < 4.78 is 6.80. The number of aromatic nitrogens is 1. The average molecular weight is 288 g/mol. The standard InChI is InChI=1S/C17H24N2O2/c1-17(2)9-5-4-6-12(17)15(18)11-7-8-13-14(10-11)21-16(20)19(13)3/h7-8,10,12,15H,4-6,9,18H2,1-3H3. The van der Waals surface area contributed by atoms with Crippen molar-refractivity contribution in [2.24, 2.45) is 24.1 Å². The molecule has 2 unspecified atom stereocenters. The zero-order chi connectivity index (χ0) is 15.2. The molecule has 2 N–H and O–H groups in total. The quantitative estimate of drug-likeness (QED) is 0.921. The first-order chi connectivity index (χ1) is 9.90. The molecule has 0 radical (unpaired) electrons. The molecule has 1 aliphatic rings. The van der Waals surface area contributed by atoms with Gasteiger partial charge in [0.2, 0.25) is 0 Å². The summed E-state index contributed by atoms with van der Waals surface area (Å²) >= 11 is 0. The Morgan fingerprint density at radius 3 is 2.86 bits per heavy atom. The van der Waals surface area contributed by atoms with Crippen molar-refractivity contribution in [3.05, 3.63) is 34.3 Å². The number of rotatable bonds is 2. The highest BCUT2D eigenvalue weighted by atomic mass is 16.4. The summed E-state index contributed by atoms with van der Waals surface area (Å²) in [5.41, 5.74) is 9.34. The van der Waals surface area contributed by atoms with Gasteiger partial charge in [0.15, 0.2) is 5.58 Å². The van der Waals surface area contributed by atoms with Crippen molar-refractivity contribution in [2.45, 2.75) is 45.6 Å². The van der Waals surface area contributed by atoms with E-state index in [0.717, 1.165) is 11.1 Å². The highest BCUT2D eigenvalue weighted by Gasteiger charge is 2.36. The Kier molecular flexibility index (Phi) is 3.44. The van der Waals surface area contributed by atoms with Crippen LogP contribution in [0.5, 0.6) is 0 Å². The first-order valence-electron chi connectivity index (χ1n) is 7.75. The fraction of sp³-hybridized carbons (Fsp3) is 0.588. The van der Waals surface area contributed by atoms with Crippen LogP contribution in [0.2, 0.25) is 0 Å². The van der Waals surface area contributed by atoms with E-state index in [1.165, 1.54) is 30.3 Å². The van der Waals surface area contributed by atoms with Crippen molar-refractivity contribution in [1.82, 2.24) is 4.57 Å². The van der Waals surface area contributed by atoms with Gasteiger partial charge in [-0.2, -0.15) is 0 Å². The number of hydrogen-bond donors (Lipinski definition) is 1. The smallest absolute Gasteiger partial charge is 0.408 e. The Bertz CT molecular complexity index is 711. The lowest BCUT2D eigenvalue weighted by Crippen LogP contribution is -2.36. The van der Waals surface area contributed by atoms with Crippen LogP contribution in [0.3, 0.4) is 0 Å². The van der Waals surface area contributed by atoms with Crippen LogP contribution < -0.4 is 11.5 Å². The number of oxazole rings is 1. The molecule has 1 fully saturated rings. The van der Waals surface area contributed by atoms with Gasteiger partial charge in [-0.1, -0.05) is 32.8 Å². The first-order valence-corrected chi connectivity index (χ1v) is 7.75. The molecule has 1 saturated carbocycles. The van der Waals surface area contributed by atoms with E-state index in [-0.39, 0.29) is 17.2 Å². The molecular weight excluding hydrogens is 264 g/mol. The molecule has 1 aliphatic carbocycles. The lowest BCUT2D eigenvalue weighted by atomic mass is 9.65. The molecule has 2 aromatic rings. The molecule has 0 saturated heterocycles. The average Bonchev–Trinajstić information content (AvgIpc) is 2.72. The van der Waals surface area contributed by atoms with Crippen LogP contribution in [0.1, 0.15) is 51.1 Å². The summed E-state index contributed by atoms with van der Waals surface area (Å²) in [5.74, 6) is 0.146. The summed E-state index contributed by atoms with van der Waals surface area (Å²) in [6.07, 6.45) is 4.95. The number of benzene rings is 1. The Labute approximate surface area is 124 Å². The summed E-state index contributed by atoms with van der Waals surface area (Å²) in [4.78, 5) is 11.6. The lowest BCUT2D eigenvalue weighted by Gasteiger charge is -2.42. The fourth-order valence-electron chi connectivity index (χ4n) is 3.78. The Morgan fingerprint density at radius 1 is 1.38 bits per heavy atom. The van der Waals surface area contributed by atoms with Gasteiger partial charge in [-0.05, 0) is 41.9 Å². The van der Waals surface area contributed by atoms with E-state index in [9.17, 15) is 4.79 Å². The van der Waals surface area contributed by atoms with E-state index < -0.39 is 0 Å². The summed E-state index contributed by atoms with van der Waals surface area (Å²) in [6.45, 7) is 4.63. The predicted octanol–water partition coefficient (Wildman–Crippen LogP) is 3.35. The van der Waals surface area contributed by atoms with Crippen LogP contribution in [0, 0.1) is 11.3 Å². The molecule has 4 nitrogen and oxygen atoms in total. The van der Waals surface area contributed by atoms with Crippen molar-refractivity contribution in [3.8, 4) is 0 Å². The Morgan fingerprint density at radius 2 is 2.14 bits per heavy atom. The second kappa shape index (κ2) is 5.02. The second-order valence-electron chi connectivity index (χ2n) is 7.02.